The van der Waals surface area contributed by atoms with E-state index in [4.69, 9.17) is 23.2 Å². The Morgan fingerprint density at radius 2 is 2.13 bits per heavy atom. The Labute approximate surface area is 103 Å². The Kier molecular flexibility index (Phi) is 3.49. The molecule has 0 fully saturated rings. The van der Waals surface area contributed by atoms with Crippen LogP contribution in [0.1, 0.15) is 36.0 Å². The molecule has 2 rings (SSSR count). The summed E-state index contributed by atoms with van der Waals surface area (Å²) in [7, 11) is 0. The summed E-state index contributed by atoms with van der Waals surface area (Å²) in [6.45, 7) is 0. The van der Waals surface area contributed by atoms with Gasteiger partial charge in [-0.05, 0) is 37.3 Å². The summed E-state index contributed by atoms with van der Waals surface area (Å²) in [5.74, 6) is 0.0443. The molecule has 0 amide bonds. The van der Waals surface area contributed by atoms with Gasteiger partial charge in [0.2, 0.25) is 0 Å². The van der Waals surface area contributed by atoms with E-state index in [1.165, 1.54) is 17.8 Å². The summed E-state index contributed by atoms with van der Waals surface area (Å²) < 4.78 is 1.07. The van der Waals surface area contributed by atoms with E-state index in [2.05, 4.69) is 0 Å². The second-order valence-corrected chi connectivity index (χ2v) is 5.83. The Balaban J connectivity index is 2.27. The van der Waals surface area contributed by atoms with Crippen molar-refractivity contribution in [2.45, 2.75) is 25.7 Å². The predicted octanol–water partition coefficient (Wildman–Crippen LogP) is 4.74. The zero-order valence-corrected chi connectivity index (χ0v) is 10.4. The van der Waals surface area contributed by atoms with Crippen LogP contribution in [0.5, 0.6) is 0 Å². The van der Waals surface area contributed by atoms with Crippen molar-refractivity contribution >= 4 is 40.3 Å². The number of allylic oxidation sites excluding steroid dienone is 2. The summed E-state index contributed by atoms with van der Waals surface area (Å²) >= 11 is 13.0. The first-order chi connectivity index (χ1) is 7.18. The highest BCUT2D eigenvalue weighted by atomic mass is 35.5. The van der Waals surface area contributed by atoms with Crippen LogP contribution in [0.15, 0.2) is 17.7 Å². The first-order valence-corrected chi connectivity index (χ1v) is 6.44. The lowest BCUT2D eigenvalue weighted by Crippen LogP contribution is -2.05. The molecule has 1 aliphatic carbocycles. The van der Waals surface area contributed by atoms with Gasteiger partial charge in [0.25, 0.3) is 0 Å². The fourth-order valence-corrected chi connectivity index (χ4v) is 3.17. The maximum absolute atomic E-state index is 12.0. The van der Waals surface area contributed by atoms with Crippen molar-refractivity contribution in [3.05, 3.63) is 32.0 Å². The average molecular weight is 261 g/mol. The lowest BCUT2D eigenvalue weighted by atomic mass is 9.94. The Morgan fingerprint density at radius 3 is 2.67 bits per heavy atom. The maximum atomic E-state index is 12.0. The molecule has 0 saturated heterocycles. The molecular formula is C11H10Cl2OS. The van der Waals surface area contributed by atoms with Crippen LogP contribution in [0.3, 0.4) is 0 Å². The van der Waals surface area contributed by atoms with Crippen molar-refractivity contribution in [2.24, 2.45) is 0 Å². The molecule has 0 spiro atoms. The molecule has 1 aromatic rings. The Bertz CT molecular complexity index is 420. The van der Waals surface area contributed by atoms with Crippen LogP contribution in [0, 0.1) is 0 Å². The third-order valence-corrected chi connectivity index (χ3v) is 3.97. The van der Waals surface area contributed by atoms with E-state index >= 15 is 0 Å². The van der Waals surface area contributed by atoms with Gasteiger partial charge < -0.3 is 0 Å². The summed E-state index contributed by atoms with van der Waals surface area (Å²) in [6.07, 6.45) is 6.15. The maximum Gasteiger partial charge on any atom is 0.191 e. The van der Waals surface area contributed by atoms with E-state index in [0.29, 0.717) is 14.2 Å². The number of thiophene rings is 1. The average Bonchev–Trinajstić information content (AvgIpc) is 2.58. The van der Waals surface area contributed by atoms with Gasteiger partial charge in [-0.25, -0.2) is 0 Å². The lowest BCUT2D eigenvalue weighted by molar-refractivity contribution is 0.102. The van der Waals surface area contributed by atoms with Gasteiger partial charge in [-0.1, -0.05) is 29.3 Å². The zero-order chi connectivity index (χ0) is 10.8. The van der Waals surface area contributed by atoms with E-state index in [0.717, 1.165) is 24.8 Å². The molecule has 1 aliphatic rings. The van der Waals surface area contributed by atoms with E-state index in [1.54, 1.807) is 6.07 Å². The molecule has 1 nitrogen and oxygen atoms in total. The second-order valence-electron chi connectivity index (χ2n) is 3.54. The zero-order valence-electron chi connectivity index (χ0n) is 8.06. The highest BCUT2D eigenvalue weighted by Gasteiger charge is 2.19. The van der Waals surface area contributed by atoms with Crippen molar-refractivity contribution in [1.82, 2.24) is 0 Å². The van der Waals surface area contributed by atoms with Crippen molar-refractivity contribution in [2.75, 3.05) is 0 Å². The molecule has 4 heteroatoms. The van der Waals surface area contributed by atoms with E-state index in [1.807, 2.05) is 6.08 Å². The van der Waals surface area contributed by atoms with Gasteiger partial charge in [-0.2, -0.15) is 0 Å². The number of hydrogen-bond donors (Lipinski definition) is 0. The predicted molar refractivity (Wildman–Crippen MR) is 65.2 cm³/mol. The van der Waals surface area contributed by atoms with Crippen LogP contribution in [-0.4, -0.2) is 5.78 Å². The van der Waals surface area contributed by atoms with Crippen LogP contribution in [-0.2, 0) is 0 Å². The van der Waals surface area contributed by atoms with Crippen molar-refractivity contribution in [3.8, 4) is 0 Å². The summed E-state index contributed by atoms with van der Waals surface area (Å²) in [4.78, 5) is 12.0. The quantitative estimate of drug-likeness (QED) is 0.703. The van der Waals surface area contributed by atoms with Gasteiger partial charge in [0.1, 0.15) is 4.34 Å². The van der Waals surface area contributed by atoms with Crippen LogP contribution >= 0.6 is 34.5 Å². The summed E-state index contributed by atoms with van der Waals surface area (Å²) in [5.41, 5.74) is 1.44. The minimum Gasteiger partial charge on any atom is -0.289 e. The van der Waals surface area contributed by atoms with Crippen LogP contribution in [0.25, 0.3) is 0 Å². The molecular weight excluding hydrogens is 251 g/mol. The summed E-state index contributed by atoms with van der Waals surface area (Å²) in [6, 6.07) is 1.66. The molecule has 0 radical (unpaired) electrons. The molecule has 0 aliphatic heterocycles. The van der Waals surface area contributed by atoms with Crippen molar-refractivity contribution < 1.29 is 4.79 Å². The Morgan fingerprint density at radius 1 is 1.33 bits per heavy atom. The third-order valence-electron chi connectivity index (χ3n) is 2.48. The number of hydrogen-bond acceptors (Lipinski definition) is 2. The number of Topliss-reactive ketones (excluding diaryl/α,β-unsaturated/α-hetero) is 1. The van der Waals surface area contributed by atoms with Crippen LogP contribution in [0.2, 0.25) is 8.67 Å². The number of carbonyl (C=O) groups is 1. The molecule has 80 valence electrons. The highest BCUT2D eigenvalue weighted by molar-refractivity contribution is 7.20. The van der Waals surface area contributed by atoms with Gasteiger partial charge in [0, 0.05) is 0 Å². The number of carbonyl (C=O) groups excluding carboxylic acids is 1. The lowest BCUT2D eigenvalue weighted by Gasteiger charge is -2.10. The minimum atomic E-state index is 0.0443. The van der Waals surface area contributed by atoms with E-state index in [9.17, 15) is 4.79 Å². The van der Waals surface area contributed by atoms with Crippen molar-refractivity contribution in [3.63, 3.8) is 0 Å². The fraction of sp³-hybridized carbons (Fsp3) is 0.364. The number of halogens is 2. The topological polar surface area (TPSA) is 17.1 Å². The van der Waals surface area contributed by atoms with E-state index in [-0.39, 0.29) is 5.78 Å². The standard InChI is InChI=1S/C11H10Cl2OS/c12-9-6-8(11(13)15-9)10(14)7-4-2-1-3-5-7/h4,6H,1-3,5H2. The third kappa shape index (κ3) is 2.44. The molecule has 0 unspecified atom stereocenters. The van der Waals surface area contributed by atoms with E-state index < -0.39 is 0 Å². The monoisotopic (exact) mass is 260 g/mol. The molecule has 0 saturated carbocycles. The number of rotatable bonds is 2. The molecule has 0 N–H and O–H groups in total. The second kappa shape index (κ2) is 4.69. The van der Waals surface area contributed by atoms with Crippen LogP contribution in [0.4, 0.5) is 0 Å². The molecule has 0 atom stereocenters. The highest BCUT2D eigenvalue weighted by Crippen LogP contribution is 2.33. The SMILES string of the molecule is O=C(C1=CCCCC1)c1cc(Cl)sc1Cl. The Hall–Kier alpha value is -0.310. The fourth-order valence-electron chi connectivity index (χ4n) is 1.71. The first-order valence-electron chi connectivity index (χ1n) is 4.87. The normalized spacial score (nSPS) is 16.3. The molecule has 0 aromatic carbocycles. The first kappa shape index (κ1) is 11.2. The molecule has 1 aromatic heterocycles. The number of ketones is 1. The molecule has 1 heterocycles. The summed E-state index contributed by atoms with van der Waals surface area (Å²) in [5, 5.41) is 0. The van der Waals surface area contributed by atoms with Gasteiger partial charge >= 0.3 is 0 Å². The minimum absolute atomic E-state index is 0.0443. The van der Waals surface area contributed by atoms with Crippen LogP contribution < -0.4 is 0 Å². The van der Waals surface area contributed by atoms with Gasteiger partial charge in [0.05, 0.1) is 9.90 Å². The molecule has 15 heavy (non-hydrogen) atoms. The van der Waals surface area contributed by atoms with Gasteiger partial charge in [-0.15, -0.1) is 11.3 Å². The van der Waals surface area contributed by atoms with Gasteiger partial charge in [-0.3, -0.25) is 4.79 Å². The molecule has 0 bridgehead atoms. The smallest absolute Gasteiger partial charge is 0.191 e. The van der Waals surface area contributed by atoms with Crippen molar-refractivity contribution in [1.29, 1.82) is 0 Å². The largest absolute Gasteiger partial charge is 0.289 e. The van der Waals surface area contributed by atoms with Gasteiger partial charge in [0.15, 0.2) is 5.78 Å².